The van der Waals surface area contributed by atoms with Gasteiger partial charge in [-0.15, -0.1) is 11.6 Å². The summed E-state index contributed by atoms with van der Waals surface area (Å²) in [6.45, 7) is 3.72. The van der Waals surface area contributed by atoms with Crippen molar-refractivity contribution in [3.05, 3.63) is 70.4 Å². The van der Waals surface area contributed by atoms with Gasteiger partial charge in [0.05, 0.1) is 25.2 Å². The fraction of sp³-hybridized carbons (Fsp3) is 0.333. The number of quaternary nitrogens is 1. The molecule has 316 valence electrons. The largest absolute Gasteiger partial charge is 0.542 e. The molecule has 9 N–H and O–H groups in total. The monoisotopic (exact) mass is 865 g/mol. The molecule has 58 heavy (non-hydrogen) atoms. The van der Waals surface area contributed by atoms with Gasteiger partial charge in [-0.25, -0.2) is 4.79 Å². The van der Waals surface area contributed by atoms with Crippen molar-refractivity contribution in [2.24, 2.45) is 5.73 Å². The highest BCUT2D eigenvalue weighted by molar-refractivity contribution is 7.80. The normalized spacial score (nSPS) is 11.5. The fourth-order valence-electron chi connectivity index (χ4n) is 4.99. The Balaban J connectivity index is 0.000000707. The number of anilines is 1. The molecule has 2 aromatic rings. The number of carboxylic acids is 3. The van der Waals surface area contributed by atoms with Gasteiger partial charge >= 0.3 is 18.3 Å². The van der Waals surface area contributed by atoms with Crippen LogP contribution in [0.4, 0.5) is 32.0 Å². The van der Waals surface area contributed by atoms with Crippen LogP contribution in [0.3, 0.4) is 0 Å². The summed E-state index contributed by atoms with van der Waals surface area (Å²) in [6.07, 6.45) is -5.06. The number of alkyl halides is 7. The Labute approximate surface area is 336 Å². The van der Waals surface area contributed by atoms with E-state index in [4.69, 9.17) is 53.8 Å². The first kappa shape index (κ1) is 48.5. The van der Waals surface area contributed by atoms with Crippen molar-refractivity contribution in [1.29, 1.82) is 0 Å². The molecule has 0 saturated carbocycles. The van der Waals surface area contributed by atoms with E-state index in [1.807, 2.05) is 0 Å². The standard InChI is InChI=1S/C32H36ClN5O5S.2C2HF3O2/c33-19-29(34)36-14-5-4-13-35-12-2-1-3-15-37-32(44)38-20-6-9-23(26(16-20)31(41)42)30-24-10-7-21(39)17-27(24)43-28-18-22(40)8-11-25(28)30;2*3-2(4,5)1(6)7/h6-11,16-18,35,39H,1-5,12-15,19H2,(H2,34,36)(H,41,42)(H2,37,38,44);2*(H,6,7). The first-order chi connectivity index (χ1) is 27.1. The minimum Gasteiger partial charge on any atom is -0.542 e. The number of carboxylic acid groups (broad SMARTS) is 3. The zero-order valence-corrected chi connectivity index (χ0v) is 31.8. The summed E-state index contributed by atoms with van der Waals surface area (Å²) in [5, 5.41) is 47.4. The van der Waals surface area contributed by atoms with Gasteiger partial charge < -0.3 is 50.4 Å². The third-order valence-corrected chi connectivity index (χ3v) is 8.15. The van der Waals surface area contributed by atoms with Crippen LogP contribution in [0.25, 0.3) is 33.4 Å². The number of unbranched alkanes of at least 4 members (excludes halogenated alkanes) is 3. The number of amidine groups is 1. The molecule has 14 nitrogen and oxygen atoms in total. The number of hydrogen-bond acceptors (Lipinski definition) is 9. The second-order valence-corrected chi connectivity index (χ2v) is 12.7. The maximum Gasteiger partial charge on any atom is 0.430 e. The van der Waals surface area contributed by atoms with E-state index in [0.29, 0.717) is 62.5 Å². The summed E-state index contributed by atoms with van der Waals surface area (Å²) in [4.78, 5) is 45.1. The summed E-state index contributed by atoms with van der Waals surface area (Å²) in [5.74, 6) is -5.89. The molecular weight excluding hydrogens is 828 g/mol. The Morgan fingerprint density at radius 2 is 1.48 bits per heavy atom. The van der Waals surface area contributed by atoms with Gasteiger partial charge in [0.1, 0.15) is 34.9 Å². The highest BCUT2D eigenvalue weighted by Gasteiger charge is 2.29. The number of halogens is 7. The number of fused-ring (bicyclic) bond motifs is 2. The molecule has 22 heteroatoms. The smallest absolute Gasteiger partial charge is 0.430 e. The van der Waals surface area contributed by atoms with Gasteiger partial charge in [0.15, 0.2) is 10.5 Å². The number of thiocarbonyl (C=S) groups is 1. The summed E-state index contributed by atoms with van der Waals surface area (Å²) in [5.41, 5.74) is 7.93. The molecule has 0 spiro atoms. The van der Waals surface area contributed by atoms with Crippen LogP contribution in [0, 0.1) is 0 Å². The summed E-state index contributed by atoms with van der Waals surface area (Å²) in [7, 11) is 0. The lowest BCUT2D eigenvalue weighted by molar-refractivity contribution is -0.655. The lowest BCUT2D eigenvalue weighted by Gasteiger charge is -2.18. The zero-order chi connectivity index (χ0) is 43.6. The number of nitrogens with one attached hydrogen (secondary N) is 3. The van der Waals surface area contributed by atoms with Gasteiger partial charge in [-0.1, -0.05) is 6.07 Å². The lowest BCUT2D eigenvalue weighted by atomic mass is 9.90. The number of carbonyl (C=O) groups excluding carboxylic acids is 2. The van der Waals surface area contributed by atoms with Gasteiger partial charge in [-0.05, 0) is 79.9 Å². The first-order valence-electron chi connectivity index (χ1n) is 17.1. The number of carbonyl (C=O) groups is 3. The molecule has 1 aliphatic heterocycles. The van der Waals surface area contributed by atoms with Gasteiger partial charge in [0.2, 0.25) is 0 Å². The van der Waals surface area contributed by atoms with Crippen molar-refractivity contribution in [2.45, 2.75) is 44.5 Å². The number of benzene rings is 3. The summed E-state index contributed by atoms with van der Waals surface area (Å²) < 4.78 is 69.0. The van der Waals surface area contributed by atoms with Gasteiger partial charge in [0, 0.05) is 47.3 Å². The zero-order valence-electron chi connectivity index (χ0n) is 30.2. The molecule has 0 saturated heterocycles. The van der Waals surface area contributed by atoms with Crippen LogP contribution in [0.15, 0.2) is 63.8 Å². The van der Waals surface area contributed by atoms with Crippen LogP contribution in [0.1, 0.15) is 42.5 Å². The average Bonchev–Trinajstić information content (AvgIpc) is 3.13. The van der Waals surface area contributed by atoms with Gasteiger partial charge in [-0.2, -0.15) is 26.3 Å². The van der Waals surface area contributed by atoms with Crippen molar-refractivity contribution < 1.29 is 75.9 Å². The second kappa shape index (κ2) is 22.9. The highest BCUT2D eigenvalue weighted by Crippen LogP contribution is 2.42. The van der Waals surface area contributed by atoms with Crippen LogP contribution in [-0.4, -0.2) is 83.5 Å². The van der Waals surface area contributed by atoms with E-state index in [1.54, 1.807) is 24.3 Å². The molecule has 2 aromatic carbocycles. The highest BCUT2D eigenvalue weighted by atomic mass is 35.5. The number of rotatable bonds is 15. The van der Waals surface area contributed by atoms with E-state index < -0.39 is 30.3 Å². The molecule has 0 unspecified atom stereocenters. The molecule has 0 amide bonds. The molecule has 2 aliphatic rings. The maximum atomic E-state index is 12.4. The number of aromatic hydroxyl groups is 1. The van der Waals surface area contributed by atoms with Crippen LogP contribution in [-0.2, 0) is 9.59 Å². The lowest BCUT2D eigenvalue weighted by Crippen LogP contribution is -2.84. The van der Waals surface area contributed by atoms with E-state index in [-0.39, 0.29) is 16.7 Å². The fourth-order valence-corrected chi connectivity index (χ4v) is 5.30. The van der Waals surface area contributed by atoms with E-state index in [2.05, 4.69) is 20.9 Å². The SMILES string of the molecule is NC(CCl)=[NH+]CCCC[NH2+]CCCCCNC(=S)Nc1ccc(-c2c3ccc(=O)cc-3oc3cc(O)ccc23)c(C(=O)O)c1.O=C([O-])C(F)(F)F.O=C([O-])C(F)(F)F. The minimum absolute atomic E-state index is 0.00841. The number of hydrogen-bond donors (Lipinski definition) is 7. The van der Waals surface area contributed by atoms with E-state index in [1.165, 1.54) is 30.3 Å². The van der Waals surface area contributed by atoms with Crippen molar-refractivity contribution in [3.8, 4) is 28.2 Å². The maximum absolute atomic E-state index is 12.4. The molecule has 0 radical (unpaired) electrons. The van der Waals surface area contributed by atoms with E-state index >= 15 is 0 Å². The Hall–Kier alpha value is -5.67. The first-order valence-corrected chi connectivity index (χ1v) is 18.0. The van der Waals surface area contributed by atoms with Gasteiger partial charge in [-0.3, -0.25) is 15.5 Å². The third kappa shape index (κ3) is 16.4. The number of aromatic carboxylic acids is 1. The predicted octanol–water partition coefficient (Wildman–Crippen LogP) is 1.04. The topological polar surface area (TPSA) is 249 Å². The van der Waals surface area contributed by atoms with Crippen molar-refractivity contribution in [2.75, 3.05) is 37.4 Å². The van der Waals surface area contributed by atoms with Crippen molar-refractivity contribution >= 4 is 69.3 Å². The predicted molar refractivity (Wildman–Crippen MR) is 200 cm³/mol. The number of phenols is 1. The molecule has 1 aliphatic carbocycles. The van der Waals surface area contributed by atoms with Gasteiger partial charge in [0.25, 0.3) is 5.84 Å². The Morgan fingerprint density at radius 3 is 2.07 bits per heavy atom. The Kier molecular flexibility index (Phi) is 19.2. The average molecular weight is 866 g/mol. The van der Waals surface area contributed by atoms with Crippen LogP contribution in [0.5, 0.6) is 5.75 Å². The molecule has 4 rings (SSSR count). The van der Waals surface area contributed by atoms with E-state index in [9.17, 15) is 46.1 Å². The molecule has 0 aromatic heterocycles. The molecule has 1 heterocycles. The van der Waals surface area contributed by atoms with Crippen molar-refractivity contribution in [3.63, 3.8) is 0 Å². The summed E-state index contributed by atoms with van der Waals surface area (Å²) >= 11 is 11.1. The molecule has 0 fully saturated rings. The minimum atomic E-state index is -5.19. The number of aliphatic carboxylic acids is 2. The molecular formula is C36H38ClF6N5O9S. The van der Waals surface area contributed by atoms with Crippen LogP contribution < -0.4 is 42.3 Å². The van der Waals surface area contributed by atoms with E-state index in [0.717, 1.165) is 51.7 Å². The van der Waals surface area contributed by atoms with Crippen LogP contribution >= 0.6 is 23.8 Å². The Bertz CT molecular complexity index is 2070. The molecule has 0 bridgehead atoms. The summed E-state index contributed by atoms with van der Waals surface area (Å²) in [6, 6.07) is 14.0. The Morgan fingerprint density at radius 1 is 0.879 bits per heavy atom. The second-order valence-electron chi connectivity index (χ2n) is 12.1. The van der Waals surface area contributed by atoms with Crippen molar-refractivity contribution in [1.82, 2.24) is 5.32 Å². The quantitative estimate of drug-likeness (QED) is 0.0168. The third-order valence-electron chi connectivity index (χ3n) is 7.62. The van der Waals surface area contributed by atoms with Crippen LogP contribution in [0.2, 0.25) is 0 Å². The molecule has 0 atom stereocenters. The number of nitrogens with two attached hydrogens (primary N) is 2. The number of phenolic OH excluding ortho intramolecular Hbond substituents is 1.